The van der Waals surface area contributed by atoms with E-state index in [-0.39, 0.29) is 11.9 Å². The van der Waals surface area contributed by atoms with E-state index < -0.39 is 6.04 Å². The fraction of sp³-hybridized carbons (Fsp3) is 0.588. The van der Waals surface area contributed by atoms with Crippen molar-refractivity contribution in [3.63, 3.8) is 0 Å². The zero-order valence-electron chi connectivity index (χ0n) is 13.2. The molecule has 1 aromatic rings. The molecule has 116 valence electrons. The average molecular weight is 289 g/mol. The molecule has 21 heavy (non-hydrogen) atoms. The van der Waals surface area contributed by atoms with Gasteiger partial charge in [0.1, 0.15) is 0 Å². The second-order valence-electron chi connectivity index (χ2n) is 6.13. The lowest BCUT2D eigenvalue weighted by molar-refractivity contribution is -0.134. The van der Waals surface area contributed by atoms with Crippen LogP contribution in [-0.2, 0) is 11.2 Å². The van der Waals surface area contributed by atoms with E-state index in [0.717, 1.165) is 32.5 Å². The highest BCUT2D eigenvalue weighted by molar-refractivity contribution is 5.82. The number of benzene rings is 1. The fourth-order valence-corrected chi connectivity index (χ4v) is 3.00. The Balaban J connectivity index is 1.89. The third kappa shape index (κ3) is 4.55. The van der Waals surface area contributed by atoms with Crippen LogP contribution < -0.4 is 5.73 Å². The summed E-state index contributed by atoms with van der Waals surface area (Å²) in [6.45, 7) is 4.91. The Labute approximate surface area is 127 Å². The van der Waals surface area contributed by atoms with Crippen LogP contribution in [0.3, 0.4) is 0 Å². The van der Waals surface area contributed by atoms with Crippen molar-refractivity contribution in [2.45, 2.75) is 38.3 Å². The highest BCUT2D eigenvalue weighted by Gasteiger charge is 2.27. The van der Waals surface area contributed by atoms with Crippen LogP contribution in [-0.4, -0.2) is 54.5 Å². The van der Waals surface area contributed by atoms with Gasteiger partial charge in [0.2, 0.25) is 5.91 Å². The fourth-order valence-electron chi connectivity index (χ4n) is 3.00. The van der Waals surface area contributed by atoms with Crippen molar-refractivity contribution in [2.75, 3.05) is 26.7 Å². The predicted octanol–water partition coefficient (Wildman–Crippen LogP) is 1.50. The smallest absolute Gasteiger partial charge is 0.239 e. The minimum atomic E-state index is -0.393. The first-order chi connectivity index (χ1) is 10.1. The normalized spacial score (nSPS) is 21.9. The molecule has 0 radical (unpaired) electrons. The molecule has 2 rings (SSSR count). The summed E-state index contributed by atoms with van der Waals surface area (Å²) < 4.78 is 0. The summed E-state index contributed by atoms with van der Waals surface area (Å²) in [6, 6.07) is 10.1. The Hall–Kier alpha value is -1.39. The second kappa shape index (κ2) is 7.57. The third-order valence-corrected chi connectivity index (χ3v) is 4.23. The maximum absolute atomic E-state index is 12.6. The van der Waals surface area contributed by atoms with Crippen LogP contribution in [0.25, 0.3) is 0 Å². The number of rotatable bonds is 4. The van der Waals surface area contributed by atoms with Crippen LogP contribution in [0.2, 0.25) is 0 Å². The lowest BCUT2D eigenvalue weighted by atomic mass is 10.0. The summed E-state index contributed by atoms with van der Waals surface area (Å²) in [5.74, 6) is 0.105. The van der Waals surface area contributed by atoms with Crippen molar-refractivity contribution in [1.29, 1.82) is 0 Å². The molecule has 1 amide bonds. The molecule has 1 aromatic carbocycles. The number of aryl methyl sites for hydroxylation is 1. The first kappa shape index (κ1) is 16.0. The van der Waals surface area contributed by atoms with Crippen LogP contribution in [0.4, 0.5) is 0 Å². The van der Waals surface area contributed by atoms with Gasteiger partial charge in [0.25, 0.3) is 0 Å². The minimum absolute atomic E-state index is 0.105. The SMILES string of the molecule is CC1CN(C)CCCN1C(=O)C(N)CCc1ccccc1. The van der Waals surface area contributed by atoms with Crippen molar-refractivity contribution in [3.05, 3.63) is 35.9 Å². The number of carbonyl (C=O) groups excluding carboxylic acids is 1. The number of hydrogen-bond acceptors (Lipinski definition) is 3. The lowest BCUT2D eigenvalue weighted by Crippen LogP contribution is -2.49. The molecule has 2 N–H and O–H groups in total. The molecule has 4 nitrogen and oxygen atoms in total. The monoisotopic (exact) mass is 289 g/mol. The molecule has 1 fully saturated rings. The van der Waals surface area contributed by atoms with Gasteiger partial charge in [-0.3, -0.25) is 4.79 Å². The van der Waals surface area contributed by atoms with E-state index in [1.165, 1.54) is 5.56 Å². The summed E-state index contributed by atoms with van der Waals surface area (Å²) in [6.07, 6.45) is 2.59. The first-order valence-electron chi connectivity index (χ1n) is 7.86. The topological polar surface area (TPSA) is 49.6 Å². The summed E-state index contributed by atoms with van der Waals surface area (Å²) in [4.78, 5) is 16.8. The van der Waals surface area contributed by atoms with Crippen molar-refractivity contribution < 1.29 is 4.79 Å². The Morgan fingerprint density at radius 1 is 1.33 bits per heavy atom. The minimum Gasteiger partial charge on any atom is -0.337 e. The molecule has 2 unspecified atom stereocenters. The van der Waals surface area contributed by atoms with Crippen LogP contribution in [0.15, 0.2) is 30.3 Å². The van der Waals surface area contributed by atoms with Gasteiger partial charge in [-0.25, -0.2) is 0 Å². The molecule has 0 aromatic heterocycles. The molecule has 1 aliphatic heterocycles. The highest BCUT2D eigenvalue weighted by atomic mass is 16.2. The number of likely N-dealkylation sites (N-methyl/N-ethyl adjacent to an activating group) is 1. The Morgan fingerprint density at radius 2 is 2.05 bits per heavy atom. The van der Waals surface area contributed by atoms with Gasteiger partial charge in [-0.05, 0) is 45.3 Å². The molecule has 4 heteroatoms. The second-order valence-corrected chi connectivity index (χ2v) is 6.13. The first-order valence-corrected chi connectivity index (χ1v) is 7.86. The standard InChI is InChI=1S/C17H27N3O/c1-14-13-19(2)11-6-12-20(14)17(21)16(18)10-9-15-7-4-3-5-8-15/h3-5,7-8,14,16H,6,9-13,18H2,1-2H3. The highest BCUT2D eigenvalue weighted by Crippen LogP contribution is 2.12. The summed E-state index contributed by atoms with van der Waals surface area (Å²) in [7, 11) is 2.11. The number of hydrogen-bond donors (Lipinski definition) is 1. The zero-order valence-corrected chi connectivity index (χ0v) is 13.2. The van der Waals surface area contributed by atoms with Crippen LogP contribution in [0, 0.1) is 0 Å². The lowest BCUT2D eigenvalue weighted by Gasteiger charge is -2.30. The van der Waals surface area contributed by atoms with Crippen LogP contribution in [0.5, 0.6) is 0 Å². The van der Waals surface area contributed by atoms with E-state index in [2.05, 4.69) is 31.0 Å². The molecule has 0 aliphatic carbocycles. The van der Waals surface area contributed by atoms with Gasteiger partial charge in [0.05, 0.1) is 6.04 Å². The molecular formula is C17H27N3O. The maximum Gasteiger partial charge on any atom is 0.239 e. The predicted molar refractivity (Wildman–Crippen MR) is 86.0 cm³/mol. The molecule has 1 saturated heterocycles. The number of amides is 1. The number of nitrogens with two attached hydrogens (primary N) is 1. The molecule has 0 spiro atoms. The van der Waals surface area contributed by atoms with Gasteiger partial charge in [-0.15, -0.1) is 0 Å². The molecule has 0 bridgehead atoms. The van der Waals surface area contributed by atoms with Crippen LogP contribution in [0.1, 0.15) is 25.3 Å². The Morgan fingerprint density at radius 3 is 2.76 bits per heavy atom. The zero-order chi connectivity index (χ0) is 15.2. The molecule has 2 atom stereocenters. The number of carbonyl (C=O) groups is 1. The quantitative estimate of drug-likeness (QED) is 0.914. The van der Waals surface area contributed by atoms with E-state index in [1.54, 1.807) is 0 Å². The van der Waals surface area contributed by atoms with E-state index in [9.17, 15) is 4.79 Å². The molecule has 1 heterocycles. The van der Waals surface area contributed by atoms with E-state index in [0.29, 0.717) is 6.42 Å². The van der Waals surface area contributed by atoms with Crippen molar-refractivity contribution in [2.24, 2.45) is 5.73 Å². The van der Waals surface area contributed by atoms with Crippen molar-refractivity contribution in [1.82, 2.24) is 9.80 Å². The van der Waals surface area contributed by atoms with Crippen molar-refractivity contribution >= 4 is 5.91 Å². The Bertz CT molecular complexity index is 449. The summed E-state index contributed by atoms with van der Waals surface area (Å²) in [5, 5.41) is 0. The van der Waals surface area contributed by atoms with Gasteiger partial charge >= 0.3 is 0 Å². The van der Waals surface area contributed by atoms with Crippen LogP contribution >= 0.6 is 0 Å². The van der Waals surface area contributed by atoms with E-state index >= 15 is 0 Å². The summed E-state index contributed by atoms with van der Waals surface area (Å²) in [5.41, 5.74) is 7.38. The maximum atomic E-state index is 12.6. The van der Waals surface area contributed by atoms with Gasteiger partial charge in [0.15, 0.2) is 0 Å². The Kier molecular flexibility index (Phi) is 5.76. The van der Waals surface area contributed by atoms with Gasteiger partial charge in [-0.2, -0.15) is 0 Å². The van der Waals surface area contributed by atoms with Gasteiger partial charge in [0, 0.05) is 19.1 Å². The molecular weight excluding hydrogens is 262 g/mol. The third-order valence-electron chi connectivity index (χ3n) is 4.23. The summed E-state index contributed by atoms with van der Waals surface area (Å²) >= 11 is 0. The number of nitrogens with zero attached hydrogens (tertiary/aromatic N) is 2. The van der Waals surface area contributed by atoms with E-state index in [1.807, 2.05) is 23.1 Å². The molecule has 1 aliphatic rings. The average Bonchev–Trinajstić information content (AvgIpc) is 2.65. The van der Waals surface area contributed by atoms with Gasteiger partial charge in [-0.1, -0.05) is 30.3 Å². The van der Waals surface area contributed by atoms with Crippen molar-refractivity contribution in [3.8, 4) is 0 Å². The van der Waals surface area contributed by atoms with E-state index in [4.69, 9.17) is 5.73 Å². The van der Waals surface area contributed by atoms with Gasteiger partial charge < -0.3 is 15.5 Å². The largest absolute Gasteiger partial charge is 0.337 e. The molecule has 0 saturated carbocycles.